The van der Waals surface area contributed by atoms with Crippen molar-refractivity contribution in [3.05, 3.63) is 65.2 Å². The molecule has 0 amide bonds. The van der Waals surface area contributed by atoms with Crippen molar-refractivity contribution in [2.24, 2.45) is 0 Å². The molecule has 0 bridgehead atoms. The van der Waals surface area contributed by atoms with Crippen molar-refractivity contribution in [3.63, 3.8) is 0 Å². The van der Waals surface area contributed by atoms with Crippen LogP contribution in [0.4, 0.5) is 5.69 Å². The third-order valence-corrected chi connectivity index (χ3v) is 6.89. The van der Waals surface area contributed by atoms with E-state index < -0.39 is 0 Å². The van der Waals surface area contributed by atoms with Crippen molar-refractivity contribution >= 4 is 5.69 Å². The molecule has 2 aromatic carbocycles. The van der Waals surface area contributed by atoms with E-state index in [1.165, 1.54) is 41.6 Å². The van der Waals surface area contributed by atoms with Gasteiger partial charge in [0.1, 0.15) is 0 Å². The third-order valence-electron chi connectivity index (χ3n) is 6.89. The first-order valence-corrected chi connectivity index (χ1v) is 11.7. The van der Waals surface area contributed by atoms with E-state index >= 15 is 0 Å². The number of unbranched alkanes of at least 4 members (excludes halogenated alkanes) is 1. The number of hydrogen-bond acceptors (Lipinski definition) is 3. The Kier molecular flexibility index (Phi) is 8.35. The summed E-state index contributed by atoms with van der Waals surface area (Å²) in [4.78, 5) is 4.88. The van der Waals surface area contributed by atoms with Gasteiger partial charge in [0.25, 0.3) is 0 Å². The minimum atomic E-state index is 0.128. The molecular weight excluding hydrogens is 368 g/mol. The maximum Gasteiger partial charge on any atom is 0.0642 e. The van der Waals surface area contributed by atoms with Crippen molar-refractivity contribution in [3.8, 4) is 0 Å². The van der Waals surface area contributed by atoms with E-state index in [9.17, 15) is 0 Å². The number of benzene rings is 2. The molecule has 0 aromatic heterocycles. The number of aryl methyl sites for hydroxylation is 1. The predicted molar refractivity (Wildman–Crippen MR) is 129 cm³/mol. The molecule has 3 heteroatoms. The highest BCUT2D eigenvalue weighted by Crippen LogP contribution is 2.30. The average molecular weight is 409 g/mol. The first-order valence-electron chi connectivity index (χ1n) is 11.7. The minimum absolute atomic E-state index is 0.128. The Hall–Kier alpha value is -1.84. The monoisotopic (exact) mass is 408 g/mol. The fourth-order valence-electron chi connectivity index (χ4n) is 4.67. The van der Waals surface area contributed by atoms with E-state index in [2.05, 4.69) is 86.3 Å². The van der Waals surface area contributed by atoms with Gasteiger partial charge in [-0.15, -0.1) is 0 Å². The second kappa shape index (κ2) is 11.0. The summed E-state index contributed by atoms with van der Waals surface area (Å²) in [6, 6.07) is 18.3. The largest absolute Gasteiger partial charge is 0.378 e. The standard InChI is InChI=1S/C27H40N2O/c1-5-7-10-24-11-8-9-12-25(24)22-27(6-2,28(3)4)21-23-13-15-26(16-14-23)29-17-19-30-20-18-29/h8-9,11-16H,5-7,10,17-22H2,1-4H3. The van der Waals surface area contributed by atoms with Gasteiger partial charge in [-0.3, -0.25) is 0 Å². The molecule has 1 aliphatic heterocycles. The normalized spacial score (nSPS) is 16.6. The topological polar surface area (TPSA) is 15.7 Å². The van der Waals surface area contributed by atoms with Crippen molar-refractivity contribution in [2.75, 3.05) is 45.3 Å². The van der Waals surface area contributed by atoms with Gasteiger partial charge in [0.15, 0.2) is 0 Å². The van der Waals surface area contributed by atoms with Crippen LogP contribution in [-0.4, -0.2) is 50.8 Å². The van der Waals surface area contributed by atoms with E-state index in [4.69, 9.17) is 4.74 Å². The summed E-state index contributed by atoms with van der Waals surface area (Å²) >= 11 is 0. The fraction of sp³-hybridized carbons (Fsp3) is 0.556. The van der Waals surface area contributed by atoms with Gasteiger partial charge in [-0.2, -0.15) is 0 Å². The number of hydrogen-bond donors (Lipinski definition) is 0. The molecule has 1 unspecified atom stereocenters. The molecule has 30 heavy (non-hydrogen) atoms. The van der Waals surface area contributed by atoms with Crippen LogP contribution in [0.3, 0.4) is 0 Å². The molecule has 1 fully saturated rings. The summed E-state index contributed by atoms with van der Waals surface area (Å²) in [5.41, 5.74) is 5.92. The number of nitrogens with zero attached hydrogens (tertiary/aromatic N) is 2. The van der Waals surface area contributed by atoms with Crippen LogP contribution < -0.4 is 4.90 Å². The summed E-state index contributed by atoms with van der Waals surface area (Å²) in [6.07, 6.45) is 7.00. The van der Waals surface area contributed by atoms with Crippen LogP contribution >= 0.6 is 0 Å². The smallest absolute Gasteiger partial charge is 0.0642 e. The van der Waals surface area contributed by atoms with Gasteiger partial charge in [-0.1, -0.05) is 56.7 Å². The SMILES string of the molecule is CCCCc1ccccc1CC(CC)(Cc1ccc(N2CCOCC2)cc1)N(C)C. The van der Waals surface area contributed by atoms with Gasteiger partial charge in [0, 0.05) is 24.3 Å². The molecular formula is C27H40N2O. The summed E-state index contributed by atoms with van der Waals surface area (Å²) in [7, 11) is 4.50. The molecule has 1 aliphatic rings. The zero-order valence-electron chi connectivity index (χ0n) is 19.5. The summed E-state index contributed by atoms with van der Waals surface area (Å²) < 4.78 is 5.50. The van der Waals surface area contributed by atoms with Crippen LogP contribution in [-0.2, 0) is 24.0 Å². The van der Waals surface area contributed by atoms with E-state index in [0.29, 0.717) is 0 Å². The molecule has 0 N–H and O–H groups in total. The molecule has 0 saturated carbocycles. The molecule has 2 aromatic rings. The first kappa shape index (κ1) is 22.8. The Morgan fingerprint density at radius 2 is 1.57 bits per heavy atom. The Morgan fingerprint density at radius 3 is 2.17 bits per heavy atom. The van der Waals surface area contributed by atoms with Crippen LogP contribution in [0.2, 0.25) is 0 Å². The minimum Gasteiger partial charge on any atom is -0.378 e. The molecule has 1 atom stereocenters. The van der Waals surface area contributed by atoms with Crippen LogP contribution in [0.25, 0.3) is 0 Å². The van der Waals surface area contributed by atoms with Gasteiger partial charge in [-0.05, 0) is 75.0 Å². The predicted octanol–water partition coefficient (Wildman–Crippen LogP) is 5.36. The van der Waals surface area contributed by atoms with Gasteiger partial charge < -0.3 is 14.5 Å². The van der Waals surface area contributed by atoms with Gasteiger partial charge in [-0.25, -0.2) is 0 Å². The number of ether oxygens (including phenoxy) is 1. The molecule has 1 saturated heterocycles. The Bertz CT molecular complexity index is 765. The lowest BCUT2D eigenvalue weighted by Crippen LogP contribution is -2.47. The molecule has 3 rings (SSSR count). The van der Waals surface area contributed by atoms with Crippen molar-refractivity contribution in [1.82, 2.24) is 4.90 Å². The summed E-state index contributed by atoms with van der Waals surface area (Å²) in [6.45, 7) is 8.27. The highest BCUT2D eigenvalue weighted by molar-refractivity contribution is 5.48. The molecule has 0 radical (unpaired) electrons. The van der Waals surface area contributed by atoms with E-state index in [-0.39, 0.29) is 5.54 Å². The van der Waals surface area contributed by atoms with Crippen molar-refractivity contribution in [2.45, 2.75) is 57.9 Å². The van der Waals surface area contributed by atoms with Crippen LogP contribution in [0.5, 0.6) is 0 Å². The Balaban J connectivity index is 1.79. The summed E-state index contributed by atoms with van der Waals surface area (Å²) in [5, 5.41) is 0. The molecule has 1 heterocycles. The first-order chi connectivity index (χ1) is 14.6. The molecule has 3 nitrogen and oxygen atoms in total. The number of likely N-dealkylation sites (N-methyl/N-ethyl adjacent to an activating group) is 1. The molecule has 0 spiro atoms. The quantitative estimate of drug-likeness (QED) is 0.526. The lowest BCUT2D eigenvalue weighted by Gasteiger charge is -2.40. The third kappa shape index (κ3) is 5.65. The van der Waals surface area contributed by atoms with E-state index in [0.717, 1.165) is 45.6 Å². The second-order valence-corrected chi connectivity index (χ2v) is 8.96. The lowest BCUT2D eigenvalue weighted by atomic mass is 9.80. The average Bonchev–Trinajstić information content (AvgIpc) is 2.79. The fourth-order valence-corrected chi connectivity index (χ4v) is 4.67. The number of anilines is 1. The molecule has 164 valence electrons. The van der Waals surface area contributed by atoms with Crippen molar-refractivity contribution in [1.29, 1.82) is 0 Å². The zero-order chi connectivity index (χ0) is 21.4. The van der Waals surface area contributed by atoms with Gasteiger partial charge in [0.05, 0.1) is 13.2 Å². The van der Waals surface area contributed by atoms with Crippen LogP contribution in [0.15, 0.2) is 48.5 Å². The Labute approximate surface area is 184 Å². The highest BCUT2D eigenvalue weighted by Gasteiger charge is 2.32. The zero-order valence-corrected chi connectivity index (χ0v) is 19.5. The van der Waals surface area contributed by atoms with Gasteiger partial charge >= 0.3 is 0 Å². The maximum atomic E-state index is 5.50. The molecule has 0 aliphatic carbocycles. The van der Waals surface area contributed by atoms with Crippen LogP contribution in [0.1, 0.15) is 49.8 Å². The summed E-state index contributed by atoms with van der Waals surface area (Å²) in [5.74, 6) is 0. The number of rotatable bonds is 10. The number of morpholine rings is 1. The van der Waals surface area contributed by atoms with E-state index in [1.54, 1.807) is 0 Å². The maximum absolute atomic E-state index is 5.50. The lowest BCUT2D eigenvalue weighted by molar-refractivity contribution is 0.122. The van der Waals surface area contributed by atoms with Crippen LogP contribution in [0, 0.1) is 0 Å². The van der Waals surface area contributed by atoms with Gasteiger partial charge in [0.2, 0.25) is 0 Å². The van der Waals surface area contributed by atoms with Crippen molar-refractivity contribution < 1.29 is 4.74 Å². The van der Waals surface area contributed by atoms with E-state index in [1.807, 2.05) is 0 Å². The Morgan fingerprint density at radius 1 is 0.900 bits per heavy atom. The second-order valence-electron chi connectivity index (χ2n) is 8.96. The highest BCUT2D eigenvalue weighted by atomic mass is 16.5.